The average Bonchev–Trinajstić information content (AvgIpc) is 3.15. The van der Waals surface area contributed by atoms with Gasteiger partial charge >= 0.3 is 0 Å². The molecule has 1 aromatic carbocycles. The Labute approximate surface area is 169 Å². The Balaban J connectivity index is 1.51. The van der Waals surface area contributed by atoms with Gasteiger partial charge in [0.2, 0.25) is 5.91 Å². The lowest BCUT2D eigenvalue weighted by Crippen LogP contribution is -2.34. The molecule has 146 valence electrons. The Morgan fingerprint density at radius 3 is 2.61 bits per heavy atom. The van der Waals surface area contributed by atoms with Crippen molar-refractivity contribution in [1.29, 1.82) is 0 Å². The van der Waals surface area contributed by atoms with Gasteiger partial charge in [-0.3, -0.25) is 9.78 Å². The predicted molar refractivity (Wildman–Crippen MR) is 112 cm³/mol. The van der Waals surface area contributed by atoms with Crippen molar-refractivity contribution in [2.24, 2.45) is 0 Å². The number of hydrogen-bond donors (Lipinski definition) is 1. The normalized spacial score (nSPS) is 11.9. The van der Waals surface area contributed by atoms with E-state index < -0.39 is 0 Å². The minimum Gasteiger partial charge on any atom is -0.353 e. The molecule has 2 aromatic heterocycles. The van der Waals surface area contributed by atoms with E-state index in [1.807, 2.05) is 48.7 Å². The number of aromatic nitrogens is 4. The number of pyridine rings is 1. The zero-order valence-electron chi connectivity index (χ0n) is 16.2. The lowest BCUT2D eigenvalue weighted by atomic mass is 10.1. The Hall–Kier alpha value is -2.67. The number of benzene rings is 1. The van der Waals surface area contributed by atoms with E-state index in [0.717, 1.165) is 35.9 Å². The van der Waals surface area contributed by atoms with Crippen LogP contribution in [0.5, 0.6) is 0 Å². The summed E-state index contributed by atoms with van der Waals surface area (Å²) < 4.78 is 2.02. The van der Waals surface area contributed by atoms with E-state index in [4.69, 9.17) is 0 Å². The van der Waals surface area contributed by atoms with Gasteiger partial charge in [-0.15, -0.1) is 10.2 Å². The number of thioether (sulfide) groups is 1. The summed E-state index contributed by atoms with van der Waals surface area (Å²) in [7, 11) is 0. The van der Waals surface area contributed by atoms with E-state index in [1.165, 1.54) is 17.3 Å². The van der Waals surface area contributed by atoms with Gasteiger partial charge in [-0.25, -0.2) is 0 Å². The molecule has 1 N–H and O–H groups in total. The average molecular weight is 396 g/mol. The molecule has 2 heterocycles. The summed E-state index contributed by atoms with van der Waals surface area (Å²) in [6.45, 7) is 4.83. The molecule has 0 fully saturated rings. The number of carbonyl (C=O) groups is 1. The van der Waals surface area contributed by atoms with Crippen LogP contribution in [0.15, 0.2) is 60.0 Å². The third kappa shape index (κ3) is 5.42. The zero-order chi connectivity index (χ0) is 19.8. The van der Waals surface area contributed by atoms with Crippen LogP contribution < -0.4 is 5.32 Å². The molecule has 1 amide bonds. The molecule has 0 aliphatic rings. The lowest BCUT2D eigenvalue weighted by molar-refractivity contribution is -0.119. The smallest absolute Gasteiger partial charge is 0.230 e. The molecule has 1 atom stereocenters. The minimum absolute atomic E-state index is 0.0154. The largest absolute Gasteiger partial charge is 0.353 e. The summed E-state index contributed by atoms with van der Waals surface area (Å²) in [6, 6.07) is 14.3. The fourth-order valence-corrected chi connectivity index (χ4v) is 3.76. The number of aryl methyl sites for hydroxylation is 1. The first kappa shape index (κ1) is 20.1. The number of nitrogens with zero attached hydrogens (tertiary/aromatic N) is 4. The summed E-state index contributed by atoms with van der Waals surface area (Å²) in [5.74, 6) is 1.13. The second-order valence-electron chi connectivity index (χ2n) is 6.57. The number of hydrogen-bond acceptors (Lipinski definition) is 5. The van der Waals surface area contributed by atoms with Crippen LogP contribution in [0.4, 0.5) is 0 Å². The molecule has 0 saturated carbocycles. The fourth-order valence-electron chi connectivity index (χ4n) is 2.94. The topological polar surface area (TPSA) is 72.7 Å². The first-order chi connectivity index (χ1) is 13.7. The number of rotatable bonds is 9. The molecule has 0 aliphatic carbocycles. The maximum Gasteiger partial charge on any atom is 0.230 e. The molecular weight excluding hydrogens is 370 g/mol. The Morgan fingerprint density at radius 2 is 1.89 bits per heavy atom. The van der Waals surface area contributed by atoms with Gasteiger partial charge in [0.1, 0.15) is 0 Å². The van der Waals surface area contributed by atoms with E-state index in [-0.39, 0.29) is 11.9 Å². The summed E-state index contributed by atoms with van der Waals surface area (Å²) in [4.78, 5) is 16.4. The second kappa shape index (κ2) is 10.0. The quantitative estimate of drug-likeness (QED) is 0.561. The molecular formula is C21H25N5OS. The van der Waals surface area contributed by atoms with E-state index in [0.29, 0.717) is 5.75 Å². The Morgan fingerprint density at radius 1 is 1.14 bits per heavy atom. The van der Waals surface area contributed by atoms with Crippen LogP contribution in [0, 0.1) is 0 Å². The number of carbonyl (C=O) groups excluding carboxylic acids is 1. The van der Waals surface area contributed by atoms with Gasteiger partial charge in [-0.05, 0) is 44.4 Å². The van der Waals surface area contributed by atoms with Crippen LogP contribution in [0.2, 0.25) is 0 Å². The van der Waals surface area contributed by atoms with Gasteiger partial charge in [0.25, 0.3) is 0 Å². The van der Waals surface area contributed by atoms with Crippen molar-refractivity contribution in [2.75, 3.05) is 5.75 Å². The third-order valence-corrected chi connectivity index (χ3v) is 5.39. The summed E-state index contributed by atoms with van der Waals surface area (Å²) >= 11 is 1.41. The van der Waals surface area contributed by atoms with E-state index in [2.05, 4.69) is 32.6 Å². The van der Waals surface area contributed by atoms with Crippen LogP contribution in [0.1, 0.15) is 25.8 Å². The molecule has 7 heteroatoms. The van der Waals surface area contributed by atoms with Crippen molar-refractivity contribution in [1.82, 2.24) is 25.1 Å². The molecule has 0 bridgehead atoms. The standard InChI is InChI=1S/C21H25N5OS/c1-3-26-20(18-11-13-22-14-12-18)24-25-21(26)28-15-19(27)23-16(2)9-10-17-7-5-4-6-8-17/h4-8,11-14,16H,3,9-10,15H2,1-2H3,(H,23,27). The van der Waals surface area contributed by atoms with Crippen LogP contribution >= 0.6 is 11.8 Å². The first-order valence-corrected chi connectivity index (χ1v) is 10.5. The Kier molecular flexibility index (Phi) is 7.19. The van der Waals surface area contributed by atoms with Crippen molar-refractivity contribution in [3.05, 3.63) is 60.4 Å². The summed E-state index contributed by atoms with van der Waals surface area (Å²) in [5.41, 5.74) is 2.26. The molecule has 28 heavy (non-hydrogen) atoms. The van der Waals surface area contributed by atoms with Crippen molar-refractivity contribution in [2.45, 2.75) is 44.4 Å². The van der Waals surface area contributed by atoms with Crippen molar-refractivity contribution < 1.29 is 4.79 Å². The van der Waals surface area contributed by atoms with E-state index >= 15 is 0 Å². The molecule has 1 unspecified atom stereocenters. The fraction of sp³-hybridized carbons (Fsp3) is 0.333. The van der Waals surface area contributed by atoms with Crippen LogP contribution in [-0.2, 0) is 17.8 Å². The van der Waals surface area contributed by atoms with Crippen LogP contribution in [-0.4, -0.2) is 37.5 Å². The first-order valence-electron chi connectivity index (χ1n) is 9.47. The zero-order valence-corrected chi connectivity index (χ0v) is 17.0. The van der Waals surface area contributed by atoms with Gasteiger partial charge in [-0.1, -0.05) is 42.1 Å². The minimum atomic E-state index is 0.0154. The number of amides is 1. The highest BCUT2D eigenvalue weighted by Gasteiger charge is 2.15. The summed E-state index contributed by atoms with van der Waals surface area (Å²) in [6.07, 6.45) is 5.34. The maximum atomic E-state index is 12.3. The monoisotopic (exact) mass is 395 g/mol. The highest BCUT2D eigenvalue weighted by atomic mass is 32.2. The molecule has 0 saturated heterocycles. The number of nitrogens with one attached hydrogen (secondary N) is 1. The highest BCUT2D eigenvalue weighted by Crippen LogP contribution is 2.23. The molecule has 0 radical (unpaired) electrons. The van der Waals surface area contributed by atoms with Crippen molar-refractivity contribution in [3.63, 3.8) is 0 Å². The molecule has 3 rings (SSSR count). The second-order valence-corrected chi connectivity index (χ2v) is 7.51. The van der Waals surface area contributed by atoms with Gasteiger partial charge in [0, 0.05) is 30.5 Å². The molecule has 0 aliphatic heterocycles. The van der Waals surface area contributed by atoms with Gasteiger partial charge < -0.3 is 9.88 Å². The van der Waals surface area contributed by atoms with Gasteiger partial charge in [-0.2, -0.15) is 0 Å². The van der Waals surface area contributed by atoms with E-state index in [9.17, 15) is 4.79 Å². The Bertz CT molecular complexity index is 882. The van der Waals surface area contributed by atoms with Crippen LogP contribution in [0.3, 0.4) is 0 Å². The lowest BCUT2D eigenvalue weighted by Gasteiger charge is -2.14. The maximum absolute atomic E-state index is 12.3. The van der Waals surface area contributed by atoms with Crippen LogP contribution in [0.25, 0.3) is 11.4 Å². The highest BCUT2D eigenvalue weighted by molar-refractivity contribution is 7.99. The molecule has 6 nitrogen and oxygen atoms in total. The van der Waals surface area contributed by atoms with Crippen molar-refractivity contribution >= 4 is 17.7 Å². The SMILES string of the molecule is CCn1c(SCC(=O)NC(C)CCc2ccccc2)nnc1-c1ccncc1. The molecule has 0 spiro atoms. The van der Waals surface area contributed by atoms with Crippen molar-refractivity contribution in [3.8, 4) is 11.4 Å². The predicted octanol–water partition coefficient (Wildman–Crippen LogP) is 3.59. The van der Waals surface area contributed by atoms with Gasteiger partial charge in [0.05, 0.1) is 5.75 Å². The summed E-state index contributed by atoms with van der Waals surface area (Å²) in [5, 5.41) is 12.4. The van der Waals surface area contributed by atoms with E-state index in [1.54, 1.807) is 12.4 Å². The van der Waals surface area contributed by atoms with Gasteiger partial charge in [0.15, 0.2) is 11.0 Å². The third-order valence-electron chi connectivity index (χ3n) is 4.42. The molecule has 3 aromatic rings.